The molecule has 0 heterocycles. The van der Waals surface area contributed by atoms with Gasteiger partial charge in [-0.1, -0.05) is 29.3 Å². The Morgan fingerprint density at radius 1 is 1.08 bits per heavy atom. The number of hydrogen-bond acceptors (Lipinski definition) is 4. The lowest BCUT2D eigenvalue weighted by Gasteiger charge is -2.15. The number of aryl methyl sites for hydroxylation is 2. The van der Waals surface area contributed by atoms with Gasteiger partial charge in [0.15, 0.2) is 12.7 Å². The fourth-order valence-corrected chi connectivity index (χ4v) is 2.27. The van der Waals surface area contributed by atoms with E-state index in [0.717, 1.165) is 11.1 Å². The summed E-state index contributed by atoms with van der Waals surface area (Å²) >= 11 is 5.79. The highest BCUT2D eigenvalue weighted by Crippen LogP contribution is 2.18. The summed E-state index contributed by atoms with van der Waals surface area (Å²) in [6.45, 7) is 5.24. The first kappa shape index (κ1) is 19.6. The Balaban J connectivity index is 1.75. The van der Waals surface area contributed by atoms with E-state index in [2.05, 4.69) is 10.9 Å². The Kier molecular flexibility index (Phi) is 6.86. The first-order valence-electron chi connectivity index (χ1n) is 8.06. The minimum atomic E-state index is -0.795. The molecule has 2 rings (SSSR count). The molecule has 0 aliphatic heterocycles. The third-order valence-corrected chi connectivity index (χ3v) is 3.76. The van der Waals surface area contributed by atoms with Crippen LogP contribution in [-0.4, -0.2) is 24.5 Å². The molecule has 0 saturated heterocycles. The van der Waals surface area contributed by atoms with Gasteiger partial charge in [-0.15, -0.1) is 0 Å². The molecule has 0 saturated carbocycles. The summed E-state index contributed by atoms with van der Waals surface area (Å²) in [5.74, 6) is 0.162. The van der Waals surface area contributed by atoms with Crippen molar-refractivity contribution < 1.29 is 19.1 Å². The molecular formula is C19H21ClN2O4. The van der Waals surface area contributed by atoms with E-state index in [1.54, 1.807) is 37.3 Å². The number of carbonyl (C=O) groups excluding carboxylic acids is 2. The summed E-state index contributed by atoms with van der Waals surface area (Å²) < 4.78 is 10.9. The van der Waals surface area contributed by atoms with Crippen molar-refractivity contribution in [2.45, 2.75) is 26.9 Å². The second-order valence-corrected chi connectivity index (χ2v) is 6.25. The normalized spacial score (nSPS) is 11.4. The highest BCUT2D eigenvalue weighted by Gasteiger charge is 2.15. The zero-order chi connectivity index (χ0) is 19.1. The number of halogens is 1. The van der Waals surface area contributed by atoms with Gasteiger partial charge in [0.25, 0.3) is 11.8 Å². The van der Waals surface area contributed by atoms with E-state index in [9.17, 15) is 9.59 Å². The van der Waals surface area contributed by atoms with Gasteiger partial charge in [0.2, 0.25) is 0 Å². The average molecular weight is 377 g/mol. The maximum atomic E-state index is 12.0. The number of ether oxygens (including phenoxy) is 2. The number of amides is 2. The van der Waals surface area contributed by atoms with Crippen LogP contribution in [0.3, 0.4) is 0 Å². The summed E-state index contributed by atoms with van der Waals surface area (Å²) in [5, 5.41) is 0.575. The highest BCUT2D eigenvalue weighted by molar-refractivity contribution is 6.30. The van der Waals surface area contributed by atoms with Crippen molar-refractivity contribution in [3.05, 3.63) is 58.6 Å². The molecule has 0 fully saturated rings. The summed E-state index contributed by atoms with van der Waals surface area (Å²) in [6.07, 6.45) is -0.795. The molecule has 0 spiro atoms. The van der Waals surface area contributed by atoms with E-state index in [0.29, 0.717) is 16.5 Å². The molecule has 0 aliphatic carbocycles. The lowest BCUT2D eigenvalue weighted by molar-refractivity contribution is -0.133. The number of nitrogens with one attached hydrogen (secondary N) is 2. The SMILES string of the molecule is Cc1ccc(OCC(=O)NNC(=O)C(C)Oc2ccc(Cl)cc2)c(C)c1. The average Bonchev–Trinajstić information content (AvgIpc) is 2.60. The van der Waals surface area contributed by atoms with E-state index in [1.807, 2.05) is 26.0 Å². The van der Waals surface area contributed by atoms with E-state index in [1.165, 1.54) is 0 Å². The summed E-state index contributed by atoms with van der Waals surface area (Å²) in [7, 11) is 0. The van der Waals surface area contributed by atoms with Gasteiger partial charge in [-0.25, -0.2) is 0 Å². The summed E-state index contributed by atoms with van der Waals surface area (Å²) in [6, 6.07) is 12.3. The summed E-state index contributed by atoms with van der Waals surface area (Å²) in [4.78, 5) is 23.8. The molecule has 0 aromatic heterocycles. The molecule has 26 heavy (non-hydrogen) atoms. The number of hydrogen-bond donors (Lipinski definition) is 2. The first-order valence-corrected chi connectivity index (χ1v) is 8.44. The molecule has 2 aromatic carbocycles. The van der Waals surface area contributed by atoms with Crippen molar-refractivity contribution in [1.82, 2.24) is 10.9 Å². The molecule has 1 unspecified atom stereocenters. The monoisotopic (exact) mass is 376 g/mol. The van der Waals surface area contributed by atoms with Gasteiger partial charge >= 0.3 is 0 Å². The van der Waals surface area contributed by atoms with Crippen LogP contribution in [0.2, 0.25) is 5.02 Å². The van der Waals surface area contributed by atoms with Crippen LogP contribution in [0.4, 0.5) is 0 Å². The third kappa shape index (κ3) is 5.97. The van der Waals surface area contributed by atoms with Crippen molar-refractivity contribution in [2.75, 3.05) is 6.61 Å². The molecule has 6 nitrogen and oxygen atoms in total. The molecule has 2 N–H and O–H groups in total. The van der Waals surface area contributed by atoms with E-state index in [-0.39, 0.29) is 6.61 Å². The number of hydrazine groups is 1. The van der Waals surface area contributed by atoms with Crippen LogP contribution in [0.1, 0.15) is 18.1 Å². The molecule has 7 heteroatoms. The Morgan fingerprint density at radius 3 is 2.42 bits per heavy atom. The molecule has 0 radical (unpaired) electrons. The fourth-order valence-electron chi connectivity index (χ4n) is 2.14. The molecular weight excluding hydrogens is 356 g/mol. The molecule has 0 bridgehead atoms. The smallest absolute Gasteiger partial charge is 0.279 e. The van der Waals surface area contributed by atoms with Crippen molar-refractivity contribution in [3.8, 4) is 11.5 Å². The second kappa shape index (κ2) is 9.10. The largest absolute Gasteiger partial charge is 0.483 e. The van der Waals surface area contributed by atoms with E-state index < -0.39 is 17.9 Å². The minimum Gasteiger partial charge on any atom is -0.483 e. The molecule has 1 atom stereocenters. The van der Waals surface area contributed by atoms with Crippen molar-refractivity contribution in [3.63, 3.8) is 0 Å². The lowest BCUT2D eigenvalue weighted by Crippen LogP contribution is -2.48. The van der Waals surface area contributed by atoms with Gasteiger partial charge in [0.1, 0.15) is 11.5 Å². The zero-order valence-corrected chi connectivity index (χ0v) is 15.6. The quantitative estimate of drug-likeness (QED) is 0.760. The van der Waals surface area contributed by atoms with Crippen LogP contribution < -0.4 is 20.3 Å². The predicted octanol–water partition coefficient (Wildman–Crippen LogP) is 2.95. The standard InChI is InChI=1S/C19H21ClN2O4/c1-12-4-9-17(13(2)10-12)25-11-18(23)21-22-19(24)14(3)26-16-7-5-15(20)6-8-16/h4-10,14H,11H2,1-3H3,(H,21,23)(H,22,24). The zero-order valence-electron chi connectivity index (χ0n) is 14.8. The second-order valence-electron chi connectivity index (χ2n) is 5.81. The van der Waals surface area contributed by atoms with Crippen LogP contribution in [0.5, 0.6) is 11.5 Å². The van der Waals surface area contributed by atoms with Crippen LogP contribution in [0.15, 0.2) is 42.5 Å². The molecule has 138 valence electrons. The summed E-state index contributed by atoms with van der Waals surface area (Å²) in [5.41, 5.74) is 6.65. The number of rotatable bonds is 6. The predicted molar refractivity (Wildman–Crippen MR) is 99.2 cm³/mol. The Labute approximate surface area is 157 Å². The third-order valence-electron chi connectivity index (χ3n) is 3.51. The van der Waals surface area contributed by atoms with Gasteiger partial charge in [0, 0.05) is 5.02 Å². The highest BCUT2D eigenvalue weighted by atomic mass is 35.5. The van der Waals surface area contributed by atoms with Gasteiger partial charge in [-0.2, -0.15) is 0 Å². The van der Waals surface area contributed by atoms with Gasteiger partial charge in [0.05, 0.1) is 0 Å². The maximum Gasteiger partial charge on any atom is 0.279 e. The van der Waals surface area contributed by atoms with E-state index >= 15 is 0 Å². The first-order chi connectivity index (χ1) is 12.3. The van der Waals surface area contributed by atoms with Crippen LogP contribution in [0, 0.1) is 13.8 Å². The van der Waals surface area contributed by atoms with Crippen LogP contribution in [-0.2, 0) is 9.59 Å². The minimum absolute atomic E-state index is 0.212. The Bertz CT molecular complexity index is 778. The maximum absolute atomic E-state index is 12.0. The van der Waals surface area contributed by atoms with Gasteiger partial charge in [-0.3, -0.25) is 20.4 Å². The molecule has 2 aromatic rings. The van der Waals surface area contributed by atoms with Crippen molar-refractivity contribution in [1.29, 1.82) is 0 Å². The van der Waals surface area contributed by atoms with Gasteiger partial charge < -0.3 is 9.47 Å². The Morgan fingerprint density at radius 2 is 1.77 bits per heavy atom. The van der Waals surface area contributed by atoms with Crippen LogP contribution in [0.25, 0.3) is 0 Å². The van der Waals surface area contributed by atoms with Crippen molar-refractivity contribution >= 4 is 23.4 Å². The van der Waals surface area contributed by atoms with Crippen molar-refractivity contribution in [2.24, 2.45) is 0 Å². The lowest BCUT2D eigenvalue weighted by atomic mass is 10.1. The Hall–Kier alpha value is -2.73. The molecule has 0 aliphatic rings. The van der Waals surface area contributed by atoms with Crippen LogP contribution >= 0.6 is 11.6 Å². The van der Waals surface area contributed by atoms with Gasteiger partial charge in [-0.05, 0) is 56.7 Å². The van der Waals surface area contributed by atoms with E-state index in [4.69, 9.17) is 21.1 Å². The number of carbonyl (C=O) groups is 2. The number of benzene rings is 2. The molecule has 2 amide bonds. The fraction of sp³-hybridized carbons (Fsp3) is 0.263. The topological polar surface area (TPSA) is 76.7 Å².